The number of phenolic OH excluding ortho intramolecular Hbond substituents is 1. The molecule has 1 atom stereocenters. The summed E-state index contributed by atoms with van der Waals surface area (Å²) in [4.78, 5) is 11.5. The lowest BCUT2D eigenvalue weighted by Gasteiger charge is -2.21. The minimum absolute atomic E-state index is 0.0240. The van der Waals surface area contributed by atoms with E-state index in [-0.39, 0.29) is 11.8 Å². The van der Waals surface area contributed by atoms with E-state index in [9.17, 15) is 9.90 Å². The van der Waals surface area contributed by atoms with Gasteiger partial charge < -0.3 is 20.5 Å². The van der Waals surface area contributed by atoms with E-state index in [0.29, 0.717) is 23.7 Å². The zero-order valence-electron chi connectivity index (χ0n) is 12.9. The molecule has 0 aromatic heterocycles. The van der Waals surface area contributed by atoms with Crippen LogP contribution < -0.4 is 10.6 Å². The molecule has 6 heteroatoms. The highest BCUT2D eigenvalue weighted by Crippen LogP contribution is 2.21. The van der Waals surface area contributed by atoms with Crippen LogP contribution in [-0.4, -0.2) is 29.4 Å². The average Bonchev–Trinajstić information content (AvgIpc) is 2.35. The van der Waals surface area contributed by atoms with E-state index < -0.39 is 11.7 Å². The van der Waals surface area contributed by atoms with Gasteiger partial charge in [0, 0.05) is 29.7 Å². The zero-order chi connectivity index (χ0) is 16.0. The van der Waals surface area contributed by atoms with E-state index in [2.05, 4.69) is 10.6 Å². The molecule has 21 heavy (non-hydrogen) atoms. The molecule has 0 bridgehead atoms. The van der Waals surface area contributed by atoms with Gasteiger partial charge in [0.1, 0.15) is 11.4 Å². The second-order valence-electron chi connectivity index (χ2n) is 5.94. The lowest BCUT2D eigenvalue weighted by atomic mass is 10.2. The smallest absolute Gasteiger partial charge is 0.407 e. The Hall–Kier alpha value is -1.46. The van der Waals surface area contributed by atoms with Gasteiger partial charge in [-0.1, -0.05) is 11.6 Å². The molecule has 1 unspecified atom stereocenters. The van der Waals surface area contributed by atoms with Gasteiger partial charge in [-0.15, -0.1) is 0 Å². The van der Waals surface area contributed by atoms with Crippen LogP contribution in [-0.2, 0) is 11.3 Å². The number of phenols is 1. The highest BCUT2D eigenvalue weighted by molar-refractivity contribution is 6.30. The van der Waals surface area contributed by atoms with Crippen LogP contribution >= 0.6 is 11.6 Å². The summed E-state index contributed by atoms with van der Waals surface area (Å²) in [5, 5.41) is 16.2. The van der Waals surface area contributed by atoms with Crippen molar-refractivity contribution in [2.75, 3.05) is 6.54 Å². The van der Waals surface area contributed by atoms with Crippen LogP contribution in [0.3, 0.4) is 0 Å². The first kappa shape index (κ1) is 17.6. The Morgan fingerprint density at radius 3 is 2.71 bits per heavy atom. The number of benzene rings is 1. The van der Waals surface area contributed by atoms with Crippen molar-refractivity contribution in [1.29, 1.82) is 0 Å². The Kier molecular flexibility index (Phi) is 6.30. The van der Waals surface area contributed by atoms with Crippen molar-refractivity contribution in [2.24, 2.45) is 0 Å². The lowest BCUT2D eigenvalue weighted by Crippen LogP contribution is -2.41. The fourth-order valence-electron chi connectivity index (χ4n) is 1.60. The van der Waals surface area contributed by atoms with Crippen molar-refractivity contribution in [1.82, 2.24) is 10.6 Å². The average molecular weight is 315 g/mol. The normalized spacial score (nSPS) is 12.8. The molecule has 5 nitrogen and oxygen atoms in total. The minimum atomic E-state index is -0.507. The van der Waals surface area contributed by atoms with Gasteiger partial charge in [0.05, 0.1) is 0 Å². The number of ether oxygens (including phenoxy) is 1. The molecule has 0 saturated carbocycles. The minimum Gasteiger partial charge on any atom is -0.508 e. The highest BCUT2D eigenvalue weighted by Gasteiger charge is 2.16. The number of nitrogens with one attached hydrogen (secondary N) is 2. The number of amides is 1. The Balaban J connectivity index is 2.36. The van der Waals surface area contributed by atoms with E-state index in [1.54, 1.807) is 18.2 Å². The number of rotatable bonds is 5. The van der Waals surface area contributed by atoms with Crippen LogP contribution in [0.5, 0.6) is 5.75 Å². The molecule has 0 fully saturated rings. The van der Waals surface area contributed by atoms with Crippen LogP contribution in [0.25, 0.3) is 0 Å². The number of hydrogen-bond acceptors (Lipinski definition) is 4. The van der Waals surface area contributed by atoms with Crippen LogP contribution in [0.1, 0.15) is 33.3 Å². The van der Waals surface area contributed by atoms with Crippen LogP contribution in [0, 0.1) is 0 Å². The second kappa shape index (κ2) is 7.52. The standard InChI is InChI=1S/C15H23ClN2O3/c1-10(8-18-14(20)21-15(2,3)4)17-9-11-7-12(16)5-6-13(11)19/h5-7,10,17,19H,8-9H2,1-4H3,(H,18,20). The third-order valence-electron chi connectivity index (χ3n) is 2.63. The number of aromatic hydroxyl groups is 1. The quantitative estimate of drug-likeness (QED) is 0.781. The molecule has 118 valence electrons. The maximum Gasteiger partial charge on any atom is 0.407 e. The molecule has 1 aromatic carbocycles. The van der Waals surface area contributed by atoms with Gasteiger partial charge >= 0.3 is 6.09 Å². The molecule has 0 radical (unpaired) electrons. The Morgan fingerprint density at radius 2 is 2.10 bits per heavy atom. The number of carbonyl (C=O) groups excluding carboxylic acids is 1. The van der Waals surface area contributed by atoms with E-state index in [0.717, 1.165) is 0 Å². The largest absolute Gasteiger partial charge is 0.508 e. The Bertz CT molecular complexity index is 486. The predicted molar refractivity (Wildman–Crippen MR) is 83.7 cm³/mol. The van der Waals surface area contributed by atoms with E-state index in [4.69, 9.17) is 16.3 Å². The molecule has 1 amide bonds. The first-order valence-electron chi connectivity index (χ1n) is 6.85. The molecule has 0 aliphatic rings. The van der Waals surface area contributed by atoms with Crippen LogP contribution in [0.4, 0.5) is 4.79 Å². The SMILES string of the molecule is CC(CNC(=O)OC(C)(C)C)NCc1cc(Cl)ccc1O. The van der Waals surface area contributed by atoms with Crippen molar-refractivity contribution in [2.45, 2.75) is 45.9 Å². The summed E-state index contributed by atoms with van der Waals surface area (Å²) in [5.41, 5.74) is 0.208. The van der Waals surface area contributed by atoms with Gasteiger partial charge in [0.2, 0.25) is 0 Å². The van der Waals surface area contributed by atoms with Crippen molar-refractivity contribution >= 4 is 17.7 Å². The van der Waals surface area contributed by atoms with Crippen molar-refractivity contribution in [3.05, 3.63) is 28.8 Å². The van der Waals surface area contributed by atoms with Gasteiger partial charge in [0.15, 0.2) is 0 Å². The number of alkyl carbamates (subject to hydrolysis) is 1. The van der Waals surface area contributed by atoms with Gasteiger partial charge in [-0.3, -0.25) is 0 Å². The summed E-state index contributed by atoms with van der Waals surface area (Å²) in [6.45, 7) is 8.27. The third kappa shape index (κ3) is 7.20. The molecule has 0 heterocycles. The summed E-state index contributed by atoms with van der Waals surface area (Å²) < 4.78 is 5.15. The van der Waals surface area contributed by atoms with E-state index in [1.807, 2.05) is 27.7 Å². The van der Waals surface area contributed by atoms with Crippen LogP contribution in [0.2, 0.25) is 5.02 Å². The van der Waals surface area contributed by atoms with E-state index in [1.165, 1.54) is 0 Å². The number of hydrogen-bond donors (Lipinski definition) is 3. The molecular formula is C15H23ClN2O3. The summed E-state index contributed by atoms with van der Waals surface area (Å²) in [7, 11) is 0. The first-order chi connectivity index (χ1) is 9.67. The Labute approximate surface area is 130 Å². The molecule has 0 saturated heterocycles. The monoisotopic (exact) mass is 314 g/mol. The molecule has 1 aromatic rings. The summed E-state index contributed by atoms with van der Waals surface area (Å²) in [6, 6.07) is 4.92. The fraction of sp³-hybridized carbons (Fsp3) is 0.533. The van der Waals surface area contributed by atoms with Gasteiger partial charge in [-0.05, 0) is 45.9 Å². The highest BCUT2D eigenvalue weighted by atomic mass is 35.5. The van der Waals surface area contributed by atoms with Gasteiger partial charge in [0.25, 0.3) is 0 Å². The van der Waals surface area contributed by atoms with Gasteiger partial charge in [-0.2, -0.15) is 0 Å². The van der Waals surface area contributed by atoms with Gasteiger partial charge in [-0.25, -0.2) is 4.79 Å². The number of carbonyl (C=O) groups is 1. The van der Waals surface area contributed by atoms with Crippen molar-refractivity contribution in [3.8, 4) is 5.75 Å². The summed E-state index contributed by atoms with van der Waals surface area (Å²) in [6.07, 6.45) is -0.443. The van der Waals surface area contributed by atoms with Crippen molar-refractivity contribution in [3.63, 3.8) is 0 Å². The fourth-order valence-corrected chi connectivity index (χ4v) is 1.80. The predicted octanol–water partition coefficient (Wildman–Crippen LogP) is 3.05. The molecule has 3 N–H and O–H groups in total. The molecule has 1 rings (SSSR count). The van der Waals surface area contributed by atoms with Crippen molar-refractivity contribution < 1.29 is 14.6 Å². The van der Waals surface area contributed by atoms with E-state index >= 15 is 0 Å². The zero-order valence-corrected chi connectivity index (χ0v) is 13.6. The molecular weight excluding hydrogens is 292 g/mol. The number of halogens is 1. The summed E-state index contributed by atoms with van der Waals surface area (Å²) >= 11 is 5.88. The maximum absolute atomic E-state index is 11.5. The van der Waals surface area contributed by atoms with Crippen LogP contribution in [0.15, 0.2) is 18.2 Å². The molecule has 0 aliphatic carbocycles. The summed E-state index contributed by atoms with van der Waals surface area (Å²) in [5.74, 6) is 0.194. The molecule has 0 aliphatic heterocycles. The first-order valence-corrected chi connectivity index (χ1v) is 7.23. The Morgan fingerprint density at radius 1 is 1.43 bits per heavy atom. The second-order valence-corrected chi connectivity index (χ2v) is 6.37. The maximum atomic E-state index is 11.5. The third-order valence-corrected chi connectivity index (χ3v) is 2.87. The topological polar surface area (TPSA) is 70.6 Å². The lowest BCUT2D eigenvalue weighted by molar-refractivity contribution is 0.0523. The molecule has 0 spiro atoms.